The number of hydrogen-bond donors (Lipinski definition) is 2. The molecule has 1 atom stereocenters. The van der Waals surface area contributed by atoms with Gasteiger partial charge in [-0.05, 0) is 24.1 Å². The number of nitrogens with zero attached hydrogens (tertiary/aromatic N) is 2. The number of nitrogens with one attached hydrogen (secondary N) is 2. The minimum Gasteiger partial charge on any atom is -0.493 e. The first-order valence-electron chi connectivity index (χ1n) is 9.06. The van der Waals surface area contributed by atoms with Crippen LogP contribution in [-0.2, 0) is 11.3 Å². The average molecular weight is 441 g/mol. The second kappa shape index (κ2) is 9.82. The molecule has 1 aliphatic rings. The van der Waals surface area contributed by atoms with Gasteiger partial charge in [0.05, 0.1) is 14.2 Å². The number of benzene rings is 1. The summed E-state index contributed by atoms with van der Waals surface area (Å²) in [4.78, 5) is 18.3. The molecule has 27 heavy (non-hydrogen) atoms. The van der Waals surface area contributed by atoms with E-state index in [2.05, 4.69) is 31.6 Å². The summed E-state index contributed by atoms with van der Waals surface area (Å²) in [7, 11) is 4.97. The molecule has 7 nitrogen and oxygen atoms in total. The summed E-state index contributed by atoms with van der Waals surface area (Å²) < 4.78 is 11.6. The van der Waals surface area contributed by atoms with E-state index in [4.69, 9.17) is 9.47 Å². The van der Waals surface area contributed by atoms with Crippen molar-refractivity contribution in [2.45, 2.75) is 32.9 Å². The number of guanidine groups is 1. The SMILES string of the molecule is CN=C(NCc1cc(OC)c(OC)cc1Br)NC1CCN(C(=O)C(C)C)C1. The first-order valence-corrected chi connectivity index (χ1v) is 9.85. The van der Waals surface area contributed by atoms with Gasteiger partial charge in [0.15, 0.2) is 17.5 Å². The maximum absolute atomic E-state index is 12.1. The number of hydrogen-bond acceptors (Lipinski definition) is 4. The van der Waals surface area contributed by atoms with E-state index in [0.717, 1.165) is 23.0 Å². The van der Waals surface area contributed by atoms with Crippen LogP contribution in [0.1, 0.15) is 25.8 Å². The van der Waals surface area contributed by atoms with E-state index in [1.807, 2.05) is 30.9 Å². The Morgan fingerprint density at radius 1 is 1.33 bits per heavy atom. The molecule has 0 saturated carbocycles. The molecule has 1 unspecified atom stereocenters. The Labute approximate surface area is 169 Å². The molecule has 0 radical (unpaired) electrons. The van der Waals surface area contributed by atoms with Crippen molar-refractivity contribution in [3.63, 3.8) is 0 Å². The number of methoxy groups -OCH3 is 2. The van der Waals surface area contributed by atoms with Crippen LogP contribution in [0.4, 0.5) is 0 Å². The molecule has 1 aromatic rings. The Bertz CT molecular complexity index is 694. The lowest BCUT2D eigenvalue weighted by Crippen LogP contribution is -2.45. The first-order chi connectivity index (χ1) is 12.9. The molecule has 2 N–H and O–H groups in total. The quantitative estimate of drug-likeness (QED) is 0.524. The van der Waals surface area contributed by atoms with Crippen molar-refractivity contribution in [3.8, 4) is 11.5 Å². The smallest absolute Gasteiger partial charge is 0.225 e. The number of ether oxygens (including phenoxy) is 2. The Balaban J connectivity index is 1.94. The maximum Gasteiger partial charge on any atom is 0.225 e. The lowest BCUT2D eigenvalue weighted by Gasteiger charge is -2.20. The summed E-state index contributed by atoms with van der Waals surface area (Å²) in [5.74, 6) is 2.30. The zero-order valence-corrected chi connectivity index (χ0v) is 18.2. The number of carbonyl (C=O) groups is 1. The van der Waals surface area contributed by atoms with Gasteiger partial charge in [-0.25, -0.2) is 0 Å². The van der Waals surface area contributed by atoms with E-state index < -0.39 is 0 Å². The fraction of sp³-hybridized carbons (Fsp3) is 0.579. The van der Waals surface area contributed by atoms with Gasteiger partial charge in [0.25, 0.3) is 0 Å². The van der Waals surface area contributed by atoms with Crippen molar-refractivity contribution in [3.05, 3.63) is 22.2 Å². The van der Waals surface area contributed by atoms with E-state index in [0.29, 0.717) is 30.5 Å². The predicted octanol–water partition coefficient (Wildman–Crippen LogP) is 2.39. The van der Waals surface area contributed by atoms with Crippen LogP contribution < -0.4 is 20.1 Å². The average Bonchev–Trinajstić information content (AvgIpc) is 3.13. The summed E-state index contributed by atoms with van der Waals surface area (Å²) in [6.07, 6.45) is 0.916. The van der Waals surface area contributed by atoms with Crippen LogP contribution in [0.25, 0.3) is 0 Å². The van der Waals surface area contributed by atoms with Gasteiger partial charge in [-0.1, -0.05) is 29.8 Å². The van der Waals surface area contributed by atoms with Crippen LogP contribution in [0.15, 0.2) is 21.6 Å². The molecule has 1 aliphatic heterocycles. The molecule has 0 aliphatic carbocycles. The fourth-order valence-corrected chi connectivity index (χ4v) is 3.50. The van der Waals surface area contributed by atoms with Crippen molar-refractivity contribution in [1.82, 2.24) is 15.5 Å². The minimum absolute atomic E-state index is 0.0311. The van der Waals surface area contributed by atoms with E-state index in [1.165, 1.54) is 0 Å². The number of amides is 1. The van der Waals surface area contributed by atoms with Crippen molar-refractivity contribution in [2.24, 2.45) is 10.9 Å². The third kappa shape index (κ3) is 5.51. The number of carbonyl (C=O) groups excluding carboxylic acids is 1. The molecule has 1 amide bonds. The first kappa shape index (κ1) is 21.3. The predicted molar refractivity (Wildman–Crippen MR) is 110 cm³/mol. The van der Waals surface area contributed by atoms with Gasteiger partial charge in [-0.15, -0.1) is 0 Å². The number of aliphatic imine (C=N–C) groups is 1. The van der Waals surface area contributed by atoms with E-state index in [9.17, 15) is 4.79 Å². The molecule has 1 saturated heterocycles. The minimum atomic E-state index is 0.0311. The molecule has 0 bridgehead atoms. The largest absolute Gasteiger partial charge is 0.493 e. The van der Waals surface area contributed by atoms with Crippen molar-refractivity contribution in [2.75, 3.05) is 34.4 Å². The Kier molecular flexibility index (Phi) is 7.77. The zero-order valence-electron chi connectivity index (χ0n) is 16.6. The summed E-state index contributed by atoms with van der Waals surface area (Å²) >= 11 is 3.57. The highest BCUT2D eigenvalue weighted by atomic mass is 79.9. The summed E-state index contributed by atoms with van der Waals surface area (Å²) in [6, 6.07) is 4.02. The van der Waals surface area contributed by atoms with Gasteiger partial charge >= 0.3 is 0 Å². The molecule has 2 rings (SSSR count). The standard InChI is InChI=1S/C19H29BrN4O3/c1-12(2)18(25)24-7-6-14(11-24)23-19(21-3)22-10-13-8-16(26-4)17(27-5)9-15(13)20/h8-9,12,14H,6-7,10-11H2,1-5H3,(H2,21,22,23). The number of rotatable bonds is 6. The zero-order chi connectivity index (χ0) is 20.0. The molecular weight excluding hydrogens is 412 g/mol. The van der Waals surface area contributed by atoms with Crippen LogP contribution in [0.2, 0.25) is 0 Å². The Morgan fingerprint density at radius 2 is 2.00 bits per heavy atom. The van der Waals surface area contributed by atoms with Gasteiger partial charge in [0, 0.05) is 43.1 Å². The van der Waals surface area contributed by atoms with Crippen molar-refractivity contribution in [1.29, 1.82) is 0 Å². The van der Waals surface area contributed by atoms with Crippen LogP contribution in [-0.4, -0.2) is 57.2 Å². The normalized spacial score (nSPS) is 17.2. The molecule has 150 valence electrons. The summed E-state index contributed by atoms with van der Waals surface area (Å²) in [6.45, 7) is 5.93. The molecule has 1 fully saturated rings. The molecule has 1 aromatic carbocycles. The number of likely N-dealkylation sites (tertiary alicyclic amines) is 1. The number of halogens is 1. The third-order valence-electron chi connectivity index (χ3n) is 4.56. The molecule has 0 aromatic heterocycles. The molecule has 1 heterocycles. The van der Waals surface area contributed by atoms with Gasteiger partial charge in [-0.2, -0.15) is 0 Å². The van der Waals surface area contributed by atoms with Crippen molar-refractivity contribution < 1.29 is 14.3 Å². The summed E-state index contributed by atoms with van der Waals surface area (Å²) in [5, 5.41) is 6.72. The topological polar surface area (TPSA) is 75.2 Å². The van der Waals surface area contributed by atoms with Gasteiger partial charge in [-0.3, -0.25) is 9.79 Å². The van der Waals surface area contributed by atoms with Gasteiger partial charge in [0.2, 0.25) is 5.91 Å². The van der Waals surface area contributed by atoms with E-state index >= 15 is 0 Å². The van der Waals surface area contributed by atoms with E-state index in [-0.39, 0.29) is 17.9 Å². The highest BCUT2D eigenvalue weighted by Gasteiger charge is 2.28. The maximum atomic E-state index is 12.1. The van der Waals surface area contributed by atoms with Crippen molar-refractivity contribution >= 4 is 27.8 Å². The third-order valence-corrected chi connectivity index (χ3v) is 5.30. The van der Waals surface area contributed by atoms with Crippen LogP contribution in [0, 0.1) is 5.92 Å². The summed E-state index contributed by atoms with van der Waals surface area (Å²) in [5.41, 5.74) is 1.03. The monoisotopic (exact) mass is 440 g/mol. The van der Waals surface area contributed by atoms with E-state index in [1.54, 1.807) is 21.3 Å². The lowest BCUT2D eigenvalue weighted by molar-refractivity contribution is -0.133. The molecule has 8 heteroatoms. The fourth-order valence-electron chi connectivity index (χ4n) is 3.04. The van der Waals surface area contributed by atoms with Crippen LogP contribution >= 0.6 is 15.9 Å². The molecular formula is C19H29BrN4O3. The Hall–Kier alpha value is -1.96. The highest BCUT2D eigenvalue weighted by Crippen LogP contribution is 2.33. The molecule has 0 spiro atoms. The second-order valence-electron chi connectivity index (χ2n) is 6.79. The van der Waals surface area contributed by atoms with Crippen LogP contribution in [0.3, 0.4) is 0 Å². The van der Waals surface area contributed by atoms with Gasteiger partial charge in [0.1, 0.15) is 0 Å². The Morgan fingerprint density at radius 3 is 2.59 bits per heavy atom. The van der Waals surface area contributed by atoms with Gasteiger partial charge < -0.3 is 25.0 Å². The second-order valence-corrected chi connectivity index (χ2v) is 7.65. The van der Waals surface area contributed by atoms with Crippen LogP contribution in [0.5, 0.6) is 11.5 Å². The lowest BCUT2D eigenvalue weighted by atomic mass is 10.2. The highest BCUT2D eigenvalue weighted by molar-refractivity contribution is 9.10.